The molecule has 0 aliphatic carbocycles. The Morgan fingerprint density at radius 2 is 2.46 bits per heavy atom. The first-order valence-corrected chi connectivity index (χ1v) is 4.15. The van der Waals surface area contributed by atoms with Crippen LogP contribution in [-0.2, 0) is 0 Å². The van der Waals surface area contributed by atoms with Crippen LogP contribution in [-0.4, -0.2) is 16.5 Å². The van der Waals surface area contributed by atoms with Crippen molar-refractivity contribution in [2.45, 2.75) is 13.3 Å². The molecule has 4 nitrogen and oxygen atoms in total. The van der Waals surface area contributed by atoms with Crippen LogP contribution < -0.4 is 11.1 Å². The van der Waals surface area contributed by atoms with E-state index in [0.717, 1.165) is 24.4 Å². The molecular weight excluding hydrogens is 164 g/mol. The minimum atomic E-state index is 0.292. The van der Waals surface area contributed by atoms with Crippen molar-refractivity contribution in [1.82, 2.24) is 9.97 Å². The normalized spacial score (nSPS) is 9.62. The lowest BCUT2D eigenvalue weighted by Crippen LogP contribution is -2.05. The summed E-state index contributed by atoms with van der Waals surface area (Å²) < 4.78 is 0. The SMILES string of the molecule is C=C(C)CCNc1ccnc(N)n1. The van der Waals surface area contributed by atoms with Crippen molar-refractivity contribution < 1.29 is 0 Å². The van der Waals surface area contributed by atoms with Crippen molar-refractivity contribution in [3.05, 3.63) is 24.4 Å². The van der Waals surface area contributed by atoms with Crippen molar-refractivity contribution in [1.29, 1.82) is 0 Å². The summed E-state index contributed by atoms with van der Waals surface area (Å²) in [4.78, 5) is 7.79. The molecule has 1 rings (SSSR count). The number of hydrogen-bond donors (Lipinski definition) is 2. The Labute approximate surface area is 77.9 Å². The number of nitrogen functional groups attached to an aromatic ring is 1. The van der Waals surface area contributed by atoms with Gasteiger partial charge in [0, 0.05) is 12.7 Å². The Kier molecular flexibility index (Phi) is 3.25. The Hall–Kier alpha value is -1.58. The zero-order valence-corrected chi connectivity index (χ0v) is 7.75. The molecule has 0 unspecified atom stereocenters. The number of hydrogen-bond acceptors (Lipinski definition) is 4. The lowest BCUT2D eigenvalue weighted by Gasteiger charge is -2.04. The average Bonchev–Trinajstić information content (AvgIpc) is 2.03. The molecule has 0 radical (unpaired) electrons. The third-order valence-corrected chi connectivity index (χ3v) is 1.53. The average molecular weight is 178 g/mol. The molecule has 1 aromatic heterocycles. The number of anilines is 2. The summed E-state index contributed by atoms with van der Waals surface area (Å²) in [6.07, 6.45) is 2.56. The molecule has 4 heteroatoms. The summed E-state index contributed by atoms with van der Waals surface area (Å²) >= 11 is 0. The van der Waals surface area contributed by atoms with Crippen molar-refractivity contribution in [3.8, 4) is 0 Å². The number of rotatable bonds is 4. The van der Waals surface area contributed by atoms with Crippen LogP contribution in [0.5, 0.6) is 0 Å². The van der Waals surface area contributed by atoms with Gasteiger partial charge in [-0.25, -0.2) is 4.98 Å². The van der Waals surface area contributed by atoms with Gasteiger partial charge in [0.2, 0.25) is 5.95 Å². The molecule has 3 N–H and O–H groups in total. The van der Waals surface area contributed by atoms with Crippen LogP contribution in [0.15, 0.2) is 24.4 Å². The number of nitrogens with one attached hydrogen (secondary N) is 1. The van der Waals surface area contributed by atoms with Crippen LogP contribution in [0.3, 0.4) is 0 Å². The Bertz CT molecular complexity index is 295. The first kappa shape index (κ1) is 9.51. The Balaban J connectivity index is 2.41. The predicted octanol–water partition coefficient (Wildman–Crippen LogP) is 1.44. The number of nitrogens with two attached hydrogens (primary N) is 1. The number of aromatic nitrogens is 2. The van der Waals surface area contributed by atoms with E-state index in [0.29, 0.717) is 5.95 Å². The highest BCUT2D eigenvalue weighted by Gasteiger charge is 1.93. The molecule has 0 spiro atoms. The van der Waals surface area contributed by atoms with E-state index in [1.165, 1.54) is 0 Å². The van der Waals surface area contributed by atoms with Crippen LogP contribution in [0.25, 0.3) is 0 Å². The summed E-state index contributed by atoms with van der Waals surface area (Å²) in [5, 5.41) is 3.12. The van der Waals surface area contributed by atoms with Crippen LogP contribution in [0, 0.1) is 0 Å². The third-order valence-electron chi connectivity index (χ3n) is 1.53. The fourth-order valence-corrected chi connectivity index (χ4v) is 0.876. The predicted molar refractivity (Wildman–Crippen MR) is 54.4 cm³/mol. The molecule has 0 amide bonds. The monoisotopic (exact) mass is 178 g/mol. The molecule has 0 aliphatic rings. The smallest absolute Gasteiger partial charge is 0.221 e. The van der Waals surface area contributed by atoms with Gasteiger partial charge in [-0.3, -0.25) is 0 Å². The summed E-state index contributed by atoms with van der Waals surface area (Å²) in [7, 11) is 0. The van der Waals surface area contributed by atoms with Gasteiger partial charge in [0.25, 0.3) is 0 Å². The van der Waals surface area contributed by atoms with Gasteiger partial charge in [-0.05, 0) is 19.4 Å². The molecule has 0 aliphatic heterocycles. The Morgan fingerprint density at radius 1 is 1.69 bits per heavy atom. The molecule has 0 saturated carbocycles. The maximum atomic E-state index is 5.41. The molecule has 0 aromatic carbocycles. The summed E-state index contributed by atoms with van der Waals surface area (Å²) in [6, 6.07) is 1.79. The molecule has 1 aromatic rings. The second-order valence-electron chi connectivity index (χ2n) is 2.93. The van der Waals surface area contributed by atoms with Gasteiger partial charge in [-0.1, -0.05) is 5.57 Å². The van der Waals surface area contributed by atoms with Crippen molar-refractivity contribution in [2.75, 3.05) is 17.6 Å². The molecule has 1 heterocycles. The summed E-state index contributed by atoms with van der Waals surface area (Å²) in [5.74, 6) is 1.05. The fraction of sp³-hybridized carbons (Fsp3) is 0.333. The van der Waals surface area contributed by atoms with Gasteiger partial charge in [-0.2, -0.15) is 4.98 Å². The van der Waals surface area contributed by atoms with E-state index in [4.69, 9.17) is 5.73 Å². The van der Waals surface area contributed by atoms with Crippen LogP contribution in [0.2, 0.25) is 0 Å². The van der Waals surface area contributed by atoms with Gasteiger partial charge in [0.05, 0.1) is 0 Å². The molecule has 0 bridgehead atoms. The van der Waals surface area contributed by atoms with E-state index in [9.17, 15) is 0 Å². The van der Waals surface area contributed by atoms with Gasteiger partial charge in [0.1, 0.15) is 5.82 Å². The lowest BCUT2D eigenvalue weighted by atomic mass is 10.2. The van der Waals surface area contributed by atoms with Crippen LogP contribution in [0.1, 0.15) is 13.3 Å². The van der Waals surface area contributed by atoms with E-state index in [-0.39, 0.29) is 0 Å². The van der Waals surface area contributed by atoms with E-state index in [2.05, 4.69) is 21.9 Å². The minimum absolute atomic E-state index is 0.292. The second kappa shape index (κ2) is 4.45. The standard InChI is InChI=1S/C9H14N4/c1-7(2)3-5-11-8-4-6-12-9(10)13-8/h4,6H,1,3,5H2,2H3,(H3,10,11,12,13). The van der Waals surface area contributed by atoms with Crippen LogP contribution in [0.4, 0.5) is 11.8 Å². The molecule has 0 saturated heterocycles. The largest absolute Gasteiger partial charge is 0.370 e. The van der Waals surface area contributed by atoms with Gasteiger partial charge in [-0.15, -0.1) is 6.58 Å². The second-order valence-corrected chi connectivity index (χ2v) is 2.93. The van der Waals surface area contributed by atoms with Gasteiger partial charge in [0.15, 0.2) is 0 Å². The topological polar surface area (TPSA) is 63.8 Å². The maximum absolute atomic E-state index is 5.41. The molecular formula is C9H14N4. The molecule has 70 valence electrons. The third kappa shape index (κ3) is 3.55. The highest BCUT2D eigenvalue weighted by molar-refractivity contribution is 5.37. The fourth-order valence-electron chi connectivity index (χ4n) is 0.876. The van der Waals surface area contributed by atoms with Gasteiger partial charge >= 0.3 is 0 Å². The minimum Gasteiger partial charge on any atom is -0.370 e. The summed E-state index contributed by atoms with van der Waals surface area (Å²) in [5.41, 5.74) is 6.56. The maximum Gasteiger partial charge on any atom is 0.221 e. The van der Waals surface area contributed by atoms with Crippen molar-refractivity contribution >= 4 is 11.8 Å². The first-order chi connectivity index (χ1) is 6.18. The van der Waals surface area contributed by atoms with E-state index in [1.54, 1.807) is 12.3 Å². The summed E-state index contributed by atoms with van der Waals surface area (Å²) in [6.45, 7) is 6.63. The zero-order valence-electron chi connectivity index (χ0n) is 7.75. The van der Waals surface area contributed by atoms with Crippen molar-refractivity contribution in [2.24, 2.45) is 0 Å². The molecule has 13 heavy (non-hydrogen) atoms. The highest BCUT2D eigenvalue weighted by atomic mass is 15.1. The molecule has 0 fully saturated rings. The quantitative estimate of drug-likeness (QED) is 0.685. The number of nitrogens with zero attached hydrogens (tertiary/aromatic N) is 2. The van der Waals surface area contributed by atoms with E-state index in [1.807, 2.05) is 6.92 Å². The lowest BCUT2D eigenvalue weighted by molar-refractivity contribution is 0.987. The van der Waals surface area contributed by atoms with Crippen LogP contribution >= 0.6 is 0 Å². The Morgan fingerprint density at radius 3 is 3.08 bits per heavy atom. The van der Waals surface area contributed by atoms with Crippen molar-refractivity contribution in [3.63, 3.8) is 0 Å². The zero-order chi connectivity index (χ0) is 9.68. The van der Waals surface area contributed by atoms with E-state index >= 15 is 0 Å². The van der Waals surface area contributed by atoms with Gasteiger partial charge < -0.3 is 11.1 Å². The van der Waals surface area contributed by atoms with E-state index < -0.39 is 0 Å². The highest BCUT2D eigenvalue weighted by Crippen LogP contribution is 2.03. The molecule has 0 atom stereocenters. The first-order valence-electron chi connectivity index (χ1n) is 4.15.